The van der Waals surface area contributed by atoms with E-state index in [2.05, 4.69) is 41.5 Å². The van der Waals surface area contributed by atoms with Crippen LogP contribution in [-0.4, -0.2) is 35.6 Å². The third kappa shape index (κ3) is 3.69. The van der Waals surface area contributed by atoms with E-state index in [9.17, 15) is 0 Å². The molecule has 1 saturated heterocycles. The lowest BCUT2D eigenvalue weighted by molar-refractivity contribution is -0.0462. The van der Waals surface area contributed by atoms with Crippen LogP contribution in [-0.2, 0) is 9.47 Å². The summed E-state index contributed by atoms with van der Waals surface area (Å²) in [5, 5.41) is 3.50. The molecule has 0 saturated carbocycles. The van der Waals surface area contributed by atoms with Gasteiger partial charge < -0.3 is 19.4 Å². The van der Waals surface area contributed by atoms with Crippen molar-refractivity contribution in [1.29, 1.82) is 0 Å². The summed E-state index contributed by atoms with van der Waals surface area (Å²) in [4.78, 5) is 4.06. The highest BCUT2D eigenvalue weighted by atomic mass is 16.7. The predicted octanol–water partition coefficient (Wildman–Crippen LogP) is 2.29. The Morgan fingerprint density at radius 2 is 2.05 bits per heavy atom. The van der Waals surface area contributed by atoms with E-state index >= 15 is 0 Å². The Morgan fingerprint density at radius 3 is 2.71 bits per heavy atom. The lowest BCUT2D eigenvalue weighted by Crippen LogP contribution is -2.24. The smallest absolute Gasteiger partial charge is 0.159 e. The number of aromatic nitrogens is 2. The van der Waals surface area contributed by atoms with Crippen LogP contribution in [0.2, 0.25) is 0 Å². The maximum atomic E-state index is 5.43. The van der Waals surface area contributed by atoms with E-state index < -0.39 is 0 Å². The molecule has 2 aromatic rings. The molecule has 0 spiro atoms. The molecular formula is C16H21N3O2. The summed E-state index contributed by atoms with van der Waals surface area (Å²) < 4.78 is 12.8. The SMILES string of the molecule is C[C@@H](NCCC1OCCO1)c1ccc(-n2ccnc2)cc1. The van der Waals surface area contributed by atoms with E-state index in [0.717, 1.165) is 31.9 Å². The first-order valence-electron chi connectivity index (χ1n) is 7.38. The summed E-state index contributed by atoms with van der Waals surface area (Å²) in [5.41, 5.74) is 2.39. The molecule has 0 amide bonds. The summed E-state index contributed by atoms with van der Waals surface area (Å²) in [6.45, 7) is 4.49. The van der Waals surface area contributed by atoms with Crippen LogP contribution in [0.15, 0.2) is 43.0 Å². The Bertz CT molecular complexity index is 533. The Morgan fingerprint density at radius 1 is 1.29 bits per heavy atom. The number of hydrogen-bond donors (Lipinski definition) is 1. The van der Waals surface area contributed by atoms with Gasteiger partial charge >= 0.3 is 0 Å². The van der Waals surface area contributed by atoms with Crippen molar-refractivity contribution in [3.05, 3.63) is 48.5 Å². The Balaban J connectivity index is 1.51. The molecule has 3 rings (SSSR count). The average Bonchev–Trinajstić information content (AvgIpc) is 3.21. The van der Waals surface area contributed by atoms with Gasteiger partial charge in [0, 0.05) is 37.1 Å². The minimum absolute atomic E-state index is 0.0340. The summed E-state index contributed by atoms with van der Waals surface area (Å²) in [7, 11) is 0. The first kappa shape index (κ1) is 14.3. The molecule has 1 aromatic carbocycles. The standard InChI is InChI=1S/C16H21N3O2/c1-13(18-7-6-16-20-10-11-21-16)14-2-4-15(5-3-14)19-9-8-17-12-19/h2-5,8-9,12-13,16,18H,6-7,10-11H2,1H3/t13-/m1/s1. The second-order valence-electron chi connectivity index (χ2n) is 5.20. The van der Waals surface area contributed by atoms with Gasteiger partial charge in [-0.2, -0.15) is 0 Å². The fourth-order valence-electron chi connectivity index (χ4n) is 2.46. The molecule has 0 unspecified atom stereocenters. The van der Waals surface area contributed by atoms with E-state index in [1.807, 2.05) is 10.8 Å². The van der Waals surface area contributed by atoms with Gasteiger partial charge in [-0.3, -0.25) is 0 Å². The van der Waals surface area contributed by atoms with Crippen molar-refractivity contribution in [2.24, 2.45) is 0 Å². The van der Waals surface area contributed by atoms with Gasteiger partial charge in [0.05, 0.1) is 19.5 Å². The lowest BCUT2D eigenvalue weighted by atomic mass is 10.1. The fraction of sp³-hybridized carbons (Fsp3) is 0.438. The molecule has 0 radical (unpaired) electrons. The first-order chi connectivity index (χ1) is 10.3. The van der Waals surface area contributed by atoms with Crippen molar-refractivity contribution in [3.63, 3.8) is 0 Å². The van der Waals surface area contributed by atoms with Gasteiger partial charge in [0.15, 0.2) is 6.29 Å². The first-order valence-corrected chi connectivity index (χ1v) is 7.38. The molecular weight excluding hydrogens is 266 g/mol. The zero-order valence-corrected chi connectivity index (χ0v) is 12.2. The number of imidazole rings is 1. The van der Waals surface area contributed by atoms with Gasteiger partial charge in [-0.15, -0.1) is 0 Å². The van der Waals surface area contributed by atoms with Crippen LogP contribution in [0.3, 0.4) is 0 Å². The zero-order valence-electron chi connectivity index (χ0n) is 12.2. The highest BCUT2D eigenvalue weighted by Gasteiger charge is 2.15. The van der Waals surface area contributed by atoms with Crippen molar-refractivity contribution in [2.75, 3.05) is 19.8 Å². The van der Waals surface area contributed by atoms with Gasteiger partial charge in [0.1, 0.15) is 0 Å². The topological polar surface area (TPSA) is 48.3 Å². The third-order valence-electron chi connectivity index (χ3n) is 3.72. The number of rotatable bonds is 6. The summed E-state index contributed by atoms with van der Waals surface area (Å²) in [6.07, 6.45) is 6.38. The van der Waals surface area contributed by atoms with Crippen LogP contribution < -0.4 is 5.32 Å². The number of hydrogen-bond acceptors (Lipinski definition) is 4. The monoisotopic (exact) mass is 287 g/mol. The Labute approximate surface area is 124 Å². The Kier molecular flexibility index (Phi) is 4.65. The molecule has 0 bridgehead atoms. The van der Waals surface area contributed by atoms with E-state index in [0.29, 0.717) is 6.04 Å². The predicted molar refractivity (Wildman–Crippen MR) is 80.3 cm³/mol. The van der Waals surface area contributed by atoms with Crippen molar-refractivity contribution >= 4 is 0 Å². The fourth-order valence-corrected chi connectivity index (χ4v) is 2.46. The van der Waals surface area contributed by atoms with E-state index in [4.69, 9.17) is 9.47 Å². The quantitative estimate of drug-likeness (QED) is 0.885. The number of nitrogens with one attached hydrogen (secondary N) is 1. The van der Waals surface area contributed by atoms with Crippen LogP contribution in [0.1, 0.15) is 24.9 Å². The molecule has 1 fully saturated rings. The molecule has 0 aliphatic carbocycles. The maximum absolute atomic E-state index is 5.43. The van der Waals surface area contributed by atoms with Crippen LogP contribution in [0.4, 0.5) is 0 Å². The van der Waals surface area contributed by atoms with Crippen LogP contribution in [0.25, 0.3) is 5.69 Å². The lowest BCUT2D eigenvalue weighted by Gasteiger charge is -2.16. The highest BCUT2D eigenvalue weighted by Crippen LogP contribution is 2.16. The zero-order chi connectivity index (χ0) is 14.5. The highest BCUT2D eigenvalue weighted by molar-refractivity contribution is 5.35. The van der Waals surface area contributed by atoms with Crippen molar-refractivity contribution in [2.45, 2.75) is 25.7 Å². The van der Waals surface area contributed by atoms with Gasteiger partial charge in [0.25, 0.3) is 0 Å². The van der Waals surface area contributed by atoms with Gasteiger partial charge in [-0.1, -0.05) is 12.1 Å². The van der Waals surface area contributed by atoms with E-state index in [-0.39, 0.29) is 6.29 Å². The number of benzene rings is 1. The van der Waals surface area contributed by atoms with Gasteiger partial charge in [-0.05, 0) is 24.6 Å². The maximum Gasteiger partial charge on any atom is 0.159 e. The molecule has 1 atom stereocenters. The average molecular weight is 287 g/mol. The van der Waals surface area contributed by atoms with E-state index in [1.54, 1.807) is 12.5 Å². The van der Waals surface area contributed by atoms with Crippen molar-refractivity contribution < 1.29 is 9.47 Å². The molecule has 2 heterocycles. The molecule has 112 valence electrons. The summed E-state index contributed by atoms with van der Waals surface area (Å²) in [6, 6.07) is 8.82. The molecule has 1 aliphatic heterocycles. The minimum Gasteiger partial charge on any atom is -0.350 e. The van der Waals surface area contributed by atoms with Crippen LogP contribution >= 0.6 is 0 Å². The number of ether oxygens (including phenoxy) is 2. The largest absolute Gasteiger partial charge is 0.350 e. The molecule has 1 aliphatic rings. The second kappa shape index (κ2) is 6.85. The van der Waals surface area contributed by atoms with Crippen LogP contribution in [0, 0.1) is 0 Å². The Hall–Kier alpha value is -1.69. The van der Waals surface area contributed by atoms with Crippen LogP contribution in [0.5, 0.6) is 0 Å². The normalized spacial score (nSPS) is 17.2. The van der Waals surface area contributed by atoms with E-state index in [1.165, 1.54) is 5.56 Å². The molecule has 5 nitrogen and oxygen atoms in total. The molecule has 5 heteroatoms. The minimum atomic E-state index is -0.0340. The van der Waals surface area contributed by atoms with Gasteiger partial charge in [0.2, 0.25) is 0 Å². The molecule has 1 aromatic heterocycles. The third-order valence-corrected chi connectivity index (χ3v) is 3.72. The van der Waals surface area contributed by atoms with Crippen molar-refractivity contribution in [3.8, 4) is 5.69 Å². The molecule has 21 heavy (non-hydrogen) atoms. The second-order valence-corrected chi connectivity index (χ2v) is 5.20. The molecule has 1 N–H and O–H groups in total. The summed E-state index contributed by atoms with van der Waals surface area (Å²) >= 11 is 0. The van der Waals surface area contributed by atoms with Gasteiger partial charge in [-0.25, -0.2) is 4.98 Å². The number of nitrogens with zero attached hydrogens (tertiary/aromatic N) is 2. The summed E-state index contributed by atoms with van der Waals surface area (Å²) in [5.74, 6) is 0. The van der Waals surface area contributed by atoms with Crippen molar-refractivity contribution in [1.82, 2.24) is 14.9 Å².